The van der Waals surface area contributed by atoms with Crippen molar-refractivity contribution in [3.8, 4) is 0 Å². The molecule has 12 heteroatoms. The van der Waals surface area contributed by atoms with Crippen LogP contribution in [0.2, 0.25) is 0 Å². The van der Waals surface area contributed by atoms with E-state index < -0.39 is 57.7 Å². The maximum Gasteiger partial charge on any atom is 0.472 e. The SMILES string of the molecule is CCC/C=C/C/C=C/C/C=C/C/C=C/CCCCCC(=O)OC[C@H](COP(=O)(O)OC[C@H](N)C(=O)O)OC(=O)CCC/C=C/C/C=C/C/C=C/C/C=C/CCCCCCCCC. The lowest BCUT2D eigenvalue weighted by Gasteiger charge is -2.20. The zero-order valence-corrected chi connectivity index (χ0v) is 39.1. The van der Waals surface area contributed by atoms with Crippen LogP contribution in [-0.4, -0.2) is 59.9 Å². The molecule has 0 saturated heterocycles. The van der Waals surface area contributed by atoms with Crippen molar-refractivity contribution in [2.45, 2.75) is 180 Å². The maximum atomic E-state index is 12.6. The standard InChI is InChI=1S/C50H82NO10P/c1-3-5-7-9-11-13-15-17-19-21-22-23-24-26-28-30-32-34-36-38-40-42-49(53)61-46(44-59-62(56,57)60-45-47(51)50(54)55)43-58-48(52)41-39-37-35-33-31-29-27-25-20-18-16-14-12-10-8-6-4-2/h8,10,14,16,19-21,23-25,28-31,34,36,46-47H,3-7,9,11-13,15,17-18,22,26-27,32-33,35,37-45,51H2,1-2H3,(H,54,55)(H,56,57)/b10-8+,16-14+,21-19+,24-23+,25-20+,30-28+,31-29+,36-34+/t46-,47+/m1/s1. The van der Waals surface area contributed by atoms with Crippen molar-refractivity contribution >= 4 is 25.7 Å². The molecule has 1 unspecified atom stereocenters. The largest absolute Gasteiger partial charge is 0.480 e. The number of esters is 2. The fourth-order valence-electron chi connectivity index (χ4n) is 5.64. The van der Waals surface area contributed by atoms with Crippen LogP contribution in [0, 0.1) is 0 Å². The summed E-state index contributed by atoms with van der Waals surface area (Å²) >= 11 is 0. The second-order valence-corrected chi connectivity index (χ2v) is 16.6. The number of carbonyl (C=O) groups is 3. The zero-order chi connectivity index (χ0) is 45.6. The molecule has 0 aromatic heterocycles. The van der Waals surface area contributed by atoms with Crippen LogP contribution in [0.1, 0.15) is 168 Å². The van der Waals surface area contributed by atoms with Gasteiger partial charge < -0.3 is 25.2 Å². The predicted molar refractivity (Wildman–Crippen MR) is 253 cm³/mol. The molecule has 0 radical (unpaired) electrons. The van der Waals surface area contributed by atoms with Crippen LogP contribution in [0.4, 0.5) is 0 Å². The summed E-state index contributed by atoms with van der Waals surface area (Å²) in [6.07, 6.45) is 56.2. The van der Waals surface area contributed by atoms with Crippen molar-refractivity contribution in [3.63, 3.8) is 0 Å². The van der Waals surface area contributed by atoms with Crippen molar-refractivity contribution in [2.75, 3.05) is 19.8 Å². The molecule has 0 rings (SSSR count). The highest BCUT2D eigenvalue weighted by Gasteiger charge is 2.28. The highest BCUT2D eigenvalue weighted by atomic mass is 31.2. The smallest absolute Gasteiger partial charge is 0.472 e. The number of rotatable bonds is 42. The van der Waals surface area contributed by atoms with Crippen molar-refractivity contribution in [2.24, 2.45) is 5.73 Å². The van der Waals surface area contributed by atoms with Crippen LogP contribution >= 0.6 is 7.82 Å². The fraction of sp³-hybridized carbons (Fsp3) is 0.620. The van der Waals surface area contributed by atoms with E-state index in [9.17, 15) is 23.8 Å². The summed E-state index contributed by atoms with van der Waals surface area (Å²) in [5.74, 6) is -2.50. The molecule has 0 fully saturated rings. The number of allylic oxidation sites excluding steroid dienone is 16. The van der Waals surface area contributed by atoms with Gasteiger partial charge in [0.25, 0.3) is 0 Å². The molecule has 4 N–H and O–H groups in total. The third kappa shape index (κ3) is 43.1. The van der Waals surface area contributed by atoms with Gasteiger partial charge in [0, 0.05) is 12.8 Å². The molecule has 62 heavy (non-hydrogen) atoms. The van der Waals surface area contributed by atoms with Gasteiger partial charge in [-0.3, -0.25) is 23.4 Å². The molecule has 0 bridgehead atoms. The number of carbonyl (C=O) groups excluding carboxylic acids is 2. The van der Waals surface area contributed by atoms with Gasteiger partial charge in [-0.15, -0.1) is 0 Å². The Kier molecular flexibility index (Phi) is 41.5. The monoisotopic (exact) mass is 888 g/mol. The number of hydrogen-bond acceptors (Lipinski definition) is 9. The Hall–Kier alpha value is -3.60. The summed E-state index contributed by atoms with van der Waals surface area (Å²) in [5.41, 5.74) is 5.33. The lowest BCUT2D eigenvalue weighted by atomic mass is 10.1. The van der Waals surface area contributed by atoms with Gasteiger partial charge in [-0.05, 0) is 89.9 Å². The molecule has 0 heterocycles. The number of phosphoric acid groups is 1. The minimum atomic E-state index is -4.75. The summed E-state index contributed by atoms with van der Waals surface area (Å²) in [6.45, 7) is 2.63. The van der Waals surface area contributed by atoms with Gasteiger partial charge in [-0.1, -0.05) is 162 Å². The maximum absolute atomic E-state index is 12.6. The minimum absolute atomic E-state index is 0.0724. The van der Waals surface area contributed by atoms with Crippen LogP contribution in [0.15, 0.2) is 97.2 Å². The molecule has 352 valence electrons. The van der Waals surface area contributed by atoms with E-state index >= 15 is 0 Å². The van der Waals surface area contributed by atoms with Crippen LogP contribution < -0.4 is 5.73 Å². The second kappa shape index (κ2) is 44.0. The Bertz CT molecular complexity index is 1410. The van der Waals surface area contributed by atoms with E-state index in [-0.39, 0.29) is 12.8 Å². The highest BCUT2D eigenvalue weighted by Crippen LogP contribution is 2.43. The van der Waals surface area contributed by atoms with E-state index in [2.05, 4.69) is 103 Å². The van der Waals surface area contributed by atoms with E-state index in [1.807, 2.05) is 12.2 Å². The molecule has 11 nitrogen and oxygen atoms in total. The number of unbranched alkanes of at least 4 members (excludes halogenated alkanes) is 12. The number of hydrogen-bond donors (Lipinski definition) is 3. The average molecular weight is 888 g/mol. The van der Waals surface area contributed by atoms with Gasteiger partial charge in [-0.25, -0.2) is 4.57 Å². The third-order valence-electron chi connectivity index (χ3n) is 9.29. The lowest BCUT2D eigenvalue weighted by molar-refractivity contribution is -0.161. The number of ether oxygens (including phenoxy) is 2. The van der Waals surface area contributed by atoms with Gasteiger partial charge in [0.2, 0.25) is 0 Å². The molecule has 0 aliphatic carbocycles. The normalized spacial score (nSPS) is 14.5. The van der Waals surface area contributed by atoms with Gasteiger partial charge in [0.15, 0.2) is 6.10 Å². The summed E-state index contributed by atoms with van der Waals surface area (Å²) < 4.78 is 32.7. The first kappa shape index (κ1) is 58.4. The molecular weight excluding hydrogens is 806 g/mol. The first-order valence-electron chi connectivity index (χ1n) is 23.3. The molecule has 0 aromatic carbocycles. The Balaban J connectivity index is 4.50. The summed E-state index contributed by atoms with van der Waals surface area (Å²) in [7, 11) is -4.75. The predicted octanol–water partition coefficient (Wildman–Crippen LogP) is 12.8. The summed E-state index contributed by atoms with van der Waals surface area (Å²) in [5, 5.41) is 8.90. The number of phosphoric ester groups is 1. The molecule has 0 saturated carbocycles. The van der Waals surface area contributed by atoms with Crippen molar-refractivity contribution < 1.29 is 47.5 Å². The van der Waals surface area contributed by atoms with E-state index in [0.29, 0.717) is 19.3 Å². The van der Waals surface area contributed by atoms with E-state index in [1.165, 1.54) is 51.4 Å². The van der Waals surface area contributed by atoms with Crippen molar-refractivity contribution in [1.29, 1.82) is 0 Å². The van der Waals surface area contributed by atoms with Crippen molar-refractivity contribution in [1.82, 2.24) is 0 Å². The summed E-state index contributed by atoms with van der Waals surface area (Å²) in [4.78, 5) is 46.0. The molecule has 3 atom stereocenters. The summed E-state index contributed by atoms with van der Waals surface area (Å²) in [6, 6.07) is -1.54. The molecule has 0 spiro atoms. The first-order chi connectivity index (χ1) is 30.1. The topological polar surface area (TPSA) is 172 Å². The average Bonchev–Trinajstić information content (AvgIpc) is 3.25. The highest BCUT2D eigenvalue weighted by molar-refractivity contribution is 7.47. The van der Waals surface area contributed by atoms with Crippen LogP contribution in [0.25, 0.3) is 0 Å². The number of nitrogens with two attached hydrogens (primary N) is 1. The molecular formula is C50H82NO10P. The Labute approximate surface area is 375 Å². The number of aliphatic carboxylic acids is 1. The first-order valence-corrected chi connectivity index (χ1v) is 24.8. The minimum Gasteiger partial charge on any atom is -0.480 e. The van der Waals surface area contributed by atoms with Crippen LogP contribution in [-0.2, 0) is 37.5 Å². The van der Waals surface area contributed by atoms with Crippen molar-refractivity contribution in [3.05, 3.63) is 97.2 Å². The van der Waals surface area contributed by atoms with Crippen LogP contribution in [0.3, 0.4) is 0 Å². The Morgan fingerprint density at radius 1 is 0.500 bits per heavy atom. The number of carboxylic acid groups (broad SMARTS) is 1. The van der Waals surface area contributed by atoms with Gasteiger partial charge in [0.05, 0.1) is 13.2 Å². The lowest BCUT2D eigenvalue weighted by Crippen LogP contribution is -2.34. The quantitative estimate of drug-likeness (QED) is 0.0230. The van der Waals surface area contributed by atoms with Gasteiger partial charge in [-0.2, -0.15) is 0 Å². The van der Waals surface area contributed by atoms with Crippen LogP contribution in [0.5, 0.6) is 0 Å². The molecule has 0 amide bonds. The molecule has 0 aromatic rings. The zero-order valence-electron chi connectivity index (χ0n) is 38.2. The fourth-order valence-corrected chi connectivity index (χ4v) is 6.41. The van der Waals surface area contributed by atoms with E-state index in [4.69, 9.17) is 24.8 Å². The second-order valence-electron chi connectivity index (χ2n) is 15.2. The molecule has 0 aliphatic rings. The van der Waals surface area contributed by atoms with E-state index in [1.54, 1.807) is 0 Å². The Morgan fingerprint density at radius 2 is 0.903 bits per heavy atom. The van der Waals surface area contributed by atoms with Gasteiger partial charge in [0.1, 0.15) is 12.6 Å². The molecule has 0 aliphatic heterocycles. The number of carboxylic acids is 1. The third-order valence-corrected chi connectivity index (χ3v) is 10.2. The van der Waals surface area contributed by atoms with Gasteiger partial charge >= 0.3 is 25.7 Å². The Morgan fingerprint density at radius 3 is 1.39 bits per heavy atom. The van der Waals surface area contributed by atoms with E-state index in [0.717, 1.165) is 70.6 Å².